The van der Waals surface area contributed by atoms with E-state index in [4.69, 9.17) is 4.74 Å². The molecular weight excluding hydrogens is 214 g/mol. The third-order valence-corrected chi connectivity index (χ3v) is 2.62. The predicted octanol–water partition coefficient (Wildman–Crippen LogP) is 2.62. The maximum atomic E-state index is 5.90. The average molecular weight is 239 g/mol. The van der Waals surface area contributed by atoms with Crippen LogP contribution in [0, 0.1) is 0 Å². The molecule has 17 heavy (non-hydrogen) atoms. The Bertz CT molecular complexity index is 320. The smallest absolute Gasteiger partial charge is 0.157 e. The summed E-state index contributed by atoms with van der Waals surface area (Å²) >= 11 is 0. The molecule has 1 heterocycles. The Labute approximate surface area is 104 Å². The van der Waals surface area contributed by atoms with E-state index in [2.05, 4.69) is 45.0 Å². The maximum Gasteiger partial charge on any atom is 0.157 e. The Balaban J connectivity index is 2.49. The molecule has 0 saturated carbocycles. The van der Waals surface area contributed by atoms with Gasteiger partial charge in [0.2, 0.25) is 0 Å². The van der Waals surface area contributed by atoms with E-state index in [-0.39, 0.29) is 6.10 Å². The minimum atomic E-state index is 0.210. The van der Waals surface area contributed by atoms with Crippen molar-refractivity contribution in [1.29, 1.82) is 0 Å². The second-order valence-corrected chi connectivity index (χ2v) is 4.96. The van der Waals surface area contributed by atoms with Crippen LogP contribution in [-0.4, -0.2) is 28.5 Å². The van der Waals surface area contributed by atoms with E-state index in [0.29, 0.717) is 12.1 Å². The van der Waals surface area contributed by atoms with Gasteiger partial charge in [-0.15, -0.1) is 0 Å². The Morgan fingerprint density at radius 3 is 2.53 bits per heavy atom. The van der Waals surface area contributed by atoms with Crippen molar-refractivity contribution >= 4 is 0 Å². The fraction of sp³-hybridized carbons (Fsp3) is 0.769. The highest BCUT2D eigenvalue weighted by Gasteiger charge is 2.10. The monoisotopic (exact) mass is 239 g/mol. The molecule has 1 atom stereocenters. The van der Waals surface area contributed by atoms with Gasteiger partial charge in [0.1, 0.15) is 6.10 Å². The molecule has 1 N–H and O–H groups in total. The lowest BCUT2D eigenvalue weighted by atomic mass is 10.2. The van der Waals surface area contributed by atoms with Gasteiger partial charge in [0.15, 0.2) is 5.75 Å². The zero-order valence-electron chi connectivity index (χ0n) is 11.6. The molecule has 4 nitrogen and oxygen atoms in total. The summed E-state index contributed by atoms with van der Waals surface area (Å²) in [5.74, 6) is 0.858. The van der Waals surface area contributed by atoms with Crippen molar-refractivity contribution in [3.05, 3.63) is 12.4 Å². The van der Waals surface area contributed by atoms with E-state index in [1.54, 1.807) is 6.20 Å². The number of rotatable bonds is 7. The Hall–Kier alpha value is -1.03. The van der Waals surface area contributed by atoms with E-state index >= 15 is 0 Å². The van der Waals surface area contributed by atoms with Crippen LogP contribution in [0.2, 0.25) is 0 Å². The summed E-state index contributed by atoms with van der Waals surface area (Å²) in [7, 11) is 0. The number of nitrogens with zero attached hydrogens (tertiary/aromatic N) is 2. The first kappa shape index (κ1) is 14.0. The lowest BCUT2D eigenvalue weighted by Gasteiger charge is -2.18. The molecular formula is C13H25N3O. The molecule has 1 aromatic heterocycles. The summed E-state index contributed by atoms with van der Waals surface area (Å²) in [6.45, 7) is 11.5. The molecule has 98 valence electrons. The first-order chi connectivity index (χ1) is 8.02. The van der Waals surface area contributed by atoms with Gasteiger partial charge in [-0.3, -0.25) is 4.68 Å². The van der Waals surface area contributed by atoms with Gasteiger partial charge < -0.3 is 10.1 Å². The van der Waals surface area contributed by atoms with Gasteiger partial charge in [-0.1, -0.05) is 20.8 Å². The highest BCUT2D eigenvalue weighted by Crippen LogP contribution is 2.14. The number of aromatic nitrogens is 2. The van der Waals surface area contributed by atoms with Crippen LogP contribution in [-0.2, 0) is 0 Å². The SMILES string of the molecule is CCC(CNC(C)C)Oc1cnn(C(C)C)c1. The van der Waals surface area contributed by atoms with Gasteiger partial charge in [-0.05, 0) is 20.3 Å². The Kier molecular flexibility index (Phi) is 5.48. The fourth-order valence-corrected chi connectivity index (χ4v) is 1.49. The molecule has 0 aliphatic carbocycles. The zero-order valence-corrected chi connectivity index (χ0v) is 11.6. The molecule has 0 aromatic carbocycles. The van der Waals surface area contributed by atoms with Crippen LogP contribution in [0.4, 0.5) is 0 Å². The van der Waals surface area contributed by atoms with Crippen LogP contribution in [0.25, 0.3) is 0 Å². The van der Waals surface area contributed by atoms with Crippen LogP contribution in [0.15, 0.2) is 12.4 Å². The standard InChI is InChI=1S/C13H25N3O/c1-6-12(7-14-10(2)3)17-13-8-15-16(9-13)11(4)5/h8-12,14H,6-7H2,1-5H3. The summed E-state index contributed by atoms with van der Waals surface area (Å²) in [6.07, 6.45) is 4.95. The molecule has 0 spiro atoms. The number of nitrogens with one attached hydrogen (secondary N) is 1. The summed E-state index contributed by atoms with van der Waals surface area (Å²) in [6, 6.07) is 0.868. The molecule has 4 heteroatoms. The van der Waals surface area contributed by atoms with Crippen molar-refractivity contribution < 1.29 is 4.74 Å². The third-order valence-electron chi connectivity index (χ3n) is 2.62. The van der Waals surface area contributed by atoms with E-state index in [9.17, 15) is 0 Å². The van der Waals surface area contributed by atoms with Crippen LogP contribution < -0.4 is 10.1 Å². The second kappa shape index (κ2) is 6.64. The van der Waals surface area contributed by atoms with Gasteiger partial charge in [0.25, 0.3) is 0 Å². The number of hydrogen-bond acceptors (Lipinski definition) is 3. The van der Waals surface area contributed by atoms with Crippen LogP contribution >= 0.6 is 0 Å². The molecule has 0 aliphatic rings. The van der Waals surface area contributed by atoms with E-state index in [1.165, 1.54) is 0 Å². The highest BCUT2D eigenvalue weighted by atomic mass is 16.5. The van der Waals surface area contributed by atoms with Crippen molar-refractivity contribution in [1.82, 2.24) is 15.1 Å². The van der Waals surface area contributed by atoms with E-state index in [0.717, 1.165) is 18.7 Å². The molecule has 0 amide bonds. The molecule has 1 rings (SSSR count). The largest absolute Gasteiger partial charge is 0.486 e. The molecule has 1 aromatic rings. The quantitative estimate of drug-likeness (QED) is 0.795. The number of hydrogen-bond donors (Lipinski definition) is 1. The zero-order chi connectivity index (χ0) is 12.8. The second-order valence-electron chi connectivity index (χ2n) is 4.96. The van der Waals surface area contributed by atoms with Gasteiger partial charge in [0, 0.05) is 18.6 Å². The van der Waals surface area contributed by atoms with Crippen molar-refractivity contribution in [3.8, 4) is 5.75 Å². The molecule has 0 aliphatic heterocycles. The molecule has 0 bridgehead atoms. The van der Waals surface area contributed by atoms with Crippen LogP contribution in [0.1, 0.15) is 47.1 Å². The third kappa shape index (κ3) is 4.77. The topological polar surface area (TPSA) is 39.1 Å². The molecule has 0 saturated heterocycles. The Morgan fingerprint density at radius 1 is 1.35 bits per heavy atom. The van der Waals surface area contributed by atoms with Crippen LogP contribution in [0.5, 0.6) is 5.75 Å². The van der Waals surface area contributed by atoms with Gasteiger partial charge in [0.05, 0.1) is 12.4 Å². The van der Waals surface area contributed by atoms with Crippen LogP contribution in [0.3, 0.4) is 0 Å². The molecule has 0 radical (unpaired) electrons. The van der Waals surface area contributed by atoms with Crippen molar-refractivity contribution in [2.75, 3.05) is 6.54 Å². The van der Waals surface area contributed by atoms with E-state index < -0.39 is 0 Å². The summed E-state index contributed by atoms with van der Waals surface area (Å²) in [5, 5.41) is 7.66. The summed E-state index contributed by atoms with van der Waals surface area (Å²) in [5.41, 5.74) is 0. The normalized spacial score (nSPS) is 13.4. The van der Waals surface area contributed by atoms with E-state index in [1.807, 2.05) is 10.9 Å². The summed E-state index contributed by atoms with van der Waals surface area (Å²) < 4.78 is 7.81. The lowest BCUT2D eigenvalue weighted by Crippen LogP contribution is -2.34. The van der Waals surface area contributed by atoms with Crippen molar-refractivity contribution in [3.63, 3.8) is 0 Å². The Morgan fingerprint density at radius 2 is 2.06 bits per heavy atom. The maximum absolute atomic E-state index is 5.90. The lowest BCUT2D eigenvalue weighted by molar-refractivity contribution is 0.190. The minimum absolute atomic E-state index is 0.210. The fourth-order valence-electron chi connectivity index (χ4n) is 1.49. The number of ether oxygens (including phenoxy) is 1. The van der Waals surface area contributed by atoms with Crippen molar-refractivity contribution in [2.24, 2.45) is 0 Å². The molecule has 1 unspecified atom stereocenters. The first-order valence-corrected chi connectivity index (χ1v) is 6.47. The molecule has 0 fully saturated rings. The van der Waals surface area contributed by atoms with Crippen molar-refractivity contribution in [2.45, 2.75) is 59.2 Å². The van der Waals surface area contributed by atoms with Gasteiger partial charge in [-0.25, -0.2) is 0 Å². The first-order valence-electron chi connectivity index (χ1n) is 6.47. The highest BCUT2D eigenvalue weighted by molar-refractivity contribution is 5.12. The predicted molar refractivity (Wildman–Crippen MR) is 70.5 cm³/mol. The van der Waals surface area contributed by atoms with Gasteiger partial charge >= 0.3 is 0 Å². The minimum Gasteiger partial charge on any atom is -0.486 e. The van der Waals surface area contributed by atoms with Gasteiger partial charge in [-0.2, -0.15) is 5.10 Å². The summed E-state index contributed by atoms with van der Waals surface area (Å²) in [4.78, 5) is 0. The average Bonchev–Trinajstić information content (AvgIpc) is 2.72.